The molecule has 2 rings (SSSR count). The zero-order valence-electron chi connectivity index (χ0n) is 12.2. The van der Waals surface area contributed by atoms with Crippen LogP contribution in [-0.2, 0) is 4.79 Å². The van der Waals surface area contributed by atoms with Gasteiger partial charge < -0.3 is 14.9 Å². The van der Waals surface area contributed by atoms with Crippen LogP contribution in [0.2, 0.25) is 0 Å². The molecule has 0 amide bonds. The number of methoxy groups -OCH3 is 1. The van der Waals surface area contributed by atoms with Crippen molar-refractivity contribution in [3.63, 3.8) is 0 Å². The molecule has 1 aliphatic heterocycles. The number of ether oxygens (including phenoxy) is 1. The van der Waals surface area contributed by atoms with E-state index >= 15 is 0 Å². The van der Waals surface area contributed by atoms with Gasteiger partial charge in [-0.3, -0.25) is 9.69 Å². The van der Waals surface area contributed by atoms with Gasteiger partial charge in [0.25, 0.3) is 0 Å². The van der Waals surface area contributed by atoms with E-state index in [0.29, 0.717) is 12.3 Å². The zero-order valence-corrected chi connectivity index (χ0v) is 12.2. The first-order valence-corrected chi connectivity index (χ1v) is 7.12. The maximum Gasteiger partial charge on any atom is 0.320 e. The summed E-state index contributed by atoms with van der Waals surface area (Å²) >= 11 is 0. The van der Waals surface area contributed by atoms with E-state index in [1.165, 1.54) is 7.11 Å². The van der Waals surface area contributed by atoms with Crippen LogP contribution < -0.4 is 4.74 Å². The molecule has 0 bridgehead atoms. The van der Waals surface area contributed by atoms with E-state index < -0.39 is 5.97 Å². The van der Waals surface area contributed by atoms with Gasteiger partial charge >= 0.3 is 5.97 Å². The SMILES string of the molecule is COc1cc(C=CCN2CCCCC2C(=O)O)ccc1O. The molecule has 5 heteroatoms. The van der Waals surface area contributed by atoms with Crippen LogP contribution in [0.15, 0.2) is 24.3 Å². The fourth-order valence-electron chi connectivity index (χ4n) is 2.61. The monoisotopic (exact) mass is 291 g/mol. The van der Waals surface area contributed by atoms with Gasteiger partial charge in [-0.15, -0.1) is 0 Å². The number of rotatable bonds is 5. The van der Waals surface area contributed by atoms with Crippen molar-refractivity contribution in [2.45, 2.75) is 25.3 Å². The predicted molar refractivity (Wildman–Crippen MR) is 80.5 cm³/mol. The number of carboxylic acid groups (broad SMARTS) is 1. The number of carbonyl (C=O) groups is 1. The number of piperidine rings is 1. The van der Waals surface area contributed by atoms with Gasteiger partial charge in [0.15, 0.2) is 11.5 Å². The number of aromatic hydroxyl groups is 1. The van der Waals surface area contributed by atoms with E-state index in [2.05, 4.69) is 0 Å². The number of carboxylic acids is 1. The second kappa shape index (κ2) is 7.13. The summed E-state index contributed by atoms with van der Waals surface area (Å²) in [6.07, 6.45) is 6.61. The Hall–Kier alpha value is -2.01. The Morgan fingerprint density at radius 2 is 2.29 bits per heavy atom. The lowest BCUT2D eigenvalue weighted by atomic mass is 10.0. The van der Waals surface area contributed by atoms with Gasteiger partial charge in [0.2, 0.25) is 0 Å². The quantitative estimate of drug-likeness (QED) is 0.871. The molecule has 5 nitrogen and oxygen atoms in total. The molecule has 0 aliphatic carbocycles. The van der Waals surface area contributed by atoms with Crippen molar-refractivity contribution in [3.05, 3.63) is 29.8 Å². The first-order valence-electron chi connectivity index (χ1n) is 7.12. The first-order chi connectivity index (χ1) is 10.1. The first kappa shape index (κ1) is 15.4. The molecule has 0 spiro atoms. The minimum absolute atomic E-state index is 0.108. The van der Waals surface area contributed by atoms with Crippen LogP contribution in [0.1, 0.15) is 24.8 Å². The molecule has 0 radical (unpaired) electrons. The second-order valence-corrected chi connectivity index (χ2v) is 5.18. The molecule has 21 heavy (non-hydrogen) atoms. The van der Waals surface area contributed by atoms with Crippen LogP contribution in [0, 0.1) is 0 Å². The molecule has 1 aromatic carbocycles. The number of phenolic OH excluding ortho intramolecular Hbond substituents is 1. The summed E-state index contributed by atoms with van der Waals surface area (Å²) < 4.78 is 5.06. The highest BCUT2D eigenvalue weighted by Gasteiger charge is 2.27. The Kier molecular flexibility index (Phi) is 5.22. The number of hydrogen-bond acceptors (Lipinski definition) is 4. The molecule has 0 aromatic heterocycles. The van der Waals surface area contributed by atoms with E-state index in [4.69, 9.17) is 4.74 Å². The van der Waals surface area contributed by atoms with Gasteiger partial charge in [-0.25, -0.2) is 0 Å². The van der Waals surface area contributed by atoms with Crippen LogP contribution >= 0.6 is 0 Å². The zero-order chi connectivity index (χ0) is 15.2. The summed E-state index contributed by atoms with van der Waals surface area (Å²) in [5.41, 5.74) is 0.911. The van der Waals surface area contributed by atoms with Gasteiger partial charge in [-0.05, 0) is 37.1 Å². The molecule has 1 saturated heterocycles. The van der Waals surface area contributed by atoms with Crippen LogP contribution in [0.3, 0.4) is 0 Å². The average molecular weight is 291 g/mol. The van der Waals surface area contributed by atoms with Gasteiger partial charge in [0.05, 0.1) is 7.11 Å². The van der Waals surface area contributed by atoms with Crippen LogP contribution in [0.4, 0.5) is 0 Å². The largest absolute Gasteiger partial charge is 0.504 e. The summed E-state index contributed by atoms with van der Waals surface area (Å²) in [6.45, 7) is 1.43. The molecule has 1 unspecified atom stereocenters. The highest BCUT2D eigenvalue weighted by atomic mass is 16.5. The highest BCUT2D eigenvalue weighted by Crippen LogP contribution is 2.26. The fourth-order valence-corrected chi connectivity index (χ4v) is 2.61. The Labute approximate surface area is 124 Å². The Morgan fingerprint density at radius 1 is 1.48 bits per heavy atom. The van der Waals surface area contributed by atoms with E-state index in [9.17, 15) is 15.0 Å². The molecule has 2 N–H and O–H groups in total. The van der Waals surface area contributed by atoms with E-state index in [1.807, 2.05) is 17.1 Å². The van der Waals surface area contributed by atoms with Crippen molar-refractivity contribution in [3.8, 4) is 11.5 Å². The summed E-state index contributed by atoms with van der Waals surface area (Å²) in [4.78, 5) is 13.2. The lowest BCUT2D eigenvalue weighted by Gasteiger charge is -2.31. The van der Waals surface area contributed by atoms with Crippen molar-refractivity contribution < 1.29 is 19.7 Å². The minimum Gasteiger partial charge on any atom is -0.504 e. The molecule has 1 atom stereocenters. The van der Waals surface area contributed by atoms with Gasteiger partial charge in [0, 0.05) is 6.54 Å². The average Bonchev–Trinajstić information content (AvgIpc) is 2.49. The van der Waals surface area contributed by atoms with Crippen LogP contribution in [0.5, 0.6) is 11.5 Å². The van der Waals surface area contributed by atoms with Crippen molar-refractivity contribution in [2.24, 2.45) is 0 Å². The third kappa shape index (κ3) is 3.98. The molecule has 1 fully saturated rings. The summed E-state index contributed by atoms with van der Waals surface area (Å²) in [5.74, 6) is -0.204. The number of nitrogens with zero attached hydrogens (tertiary/aromatic N) is 1. The summed E-state index contributed by atoms with van der Waals surface area (Å²) in [7, 11) is 1.51. The molecule has 1 heterocycles. The van der Waals surface area contributed by atoms with Crippen molar-refractivity contribution in [2.75, 3.05) is 20.2 Å². The molecule has 1 aromatic rings. The van der Waals surface area contributed by atoms with Gasteiger partial charge in [-0.1, -0.05) is 24.6 Å². The van der Waals surface area contributed by atoms with Crippen molar-refractivity contribution >= 4 is 12.0 Å². The second-order valence-electron chi connectivity index (χ2n) is 5.18. The van der Waals surface area contributed by atoms with Crippen LogP contribution in [0.25, 0.3) is 6.08 Å². The Morgan fingerprint density at radius 3 is 3.00 bits per heavy atom. The maximum atomic E-state index is 11.2. The molecule has 114 valence electrons. The van der Waals surface area contributed by atoms with E-state index in [1.54, 1.807) is 18.2 Å². The normalized spacial score (nSPS) is 19.8. The van der Waals surface area contributed by atoms with Gasteiger partial charge in [0.1, 0.15) is 6.04 Å². The molecule has 1 aliphatic rings. The third-order valence-corrected chi connectivity index (χ3v) is 3.75. The summed E-state index contributed by atoms with van der Waals surface area (Å²) in [6, 6.07) is 4.74. The lowest BCUT2D eigenvalue weighted by molar-refractivity contribution is -0.144. The standard InChI is InChI=1S/C16H21NO4/c1-21-15-11-12(7-8-14(15)18)5-4-10-17-9-3-2-6-13(17)16(19)20/h4-5,7-8,11,13,18H,2-3,6,9-10H2,1H3,(H,19,20). The lowest BCUT2D eigenvalue weighted by Crippen LogP contribution is -2.44. The smallest absolute Gasteiger partial charge is 0.320 e. The molecule has 0 saturated carbocycles. The van der Waals surface area contributed by atoms with E-state index in [0.717, 1.165) is 31.4 Å². The van der Waals surface area contributed by atoms with Gasteiger partial charge in [-0.2, -0.15) is 0 Å². The predicted octanol–water partition coefficient (Wildman–Crippen LogP) is 2.35. The number of phenols is 1. The molecular formula is C16H21NO4. The molecular weight excluding hydrogens is 270 g/mol. The number of likely N-dealkylation sites (tertiary alicyclic amines) is 1. The highest BCUT2D eigenvalue weighted by molar-refractivity contribution is 5.73. The number of benzene rings is 1. The minimum atomic E-state index is -0.741. The Balaban J connectivity index is 1.99. The fraction of sp³-hybridized carbons (Fsp3) is 0.438. The van der Waals surface area contributed by atoms with Crippen molar-refractivity contribution in [1.29, 1.82) is 0 Å². The van der Waals surface area contributed by atoms with E-state index in [-0.39, 0.29) is 11.8 Å². The van der Waals surface area contributed by atoms with Crippen LogP contribution in [-0.4, -0.2) is 47.3 Å². The third-order valence-electron chi connectivity index (χ3n) is 3.75. The number of aliphatic carboxylic acids is 1. The van der Waals surface area contributed by atoms with Crippen molar-refractivity contribution in [1.82, 2.24) is 4.90 Å². The Bertz CT molecular complexity index is 527. The summed E-state index contributed by atoms with van der Waals surface area (Å²) in [5, 5.41) is 18.8. The maximum absolute atomic E-state index is 11.2. The topological polar surface area (TPSA) is 70.0 Å². The number of hydrogen-bond donors (Lipinski definition) is 2.